The molecule has 0 amide bonds. The van der Waals surface area contributed by atoms with Crippen molar-refractivity contribution in [2.45, 2.75) is 31.1 Å². The van der Waals surface area contributed by atoms with Crippen LogP contribution >= 0.6 is 11.6 Å². The minimum absolute atomic E-state index is 0.309. The van der Waals surface area contributed by atoms with Crippen LogP contribution in [0.5, 0.6) is 0 Å². The zero-order chi connectivity index (χ0) is 11.9. The van der Waals surface area contributed by atoms with Crippen molar-refractivity contribution in [2.75, 3.05) is 13.2 Å². The van der Waals surface area contributed by atoms with Crippen molar-refractivity contribution in [3.63, 3.8) is 0 Å². The molecular formula is C14H15ClO2. The van der Waals surface area contributed by atoms with Gasteiger partial charge >= 0.3 is 0 Å². The van der Waals surface area contributed by atoms with Crippen molar-refractivity contribution in [1.82, 2.24) is 0 Å². The molecule has 1 aromatic rings. The number of benzene rings is 1. The van der Waals surface area contributed by atoms with Crippen LogP contribution in [0.15, 0.2) is 18.2 Å². The quantitative estimate of drug-likeness (QED) is 0.708. The predicted octanol–water partition coefficient (Wildman–Crippen LogP) is 2.90. The fourth-order valence-corrected chi connectivity index (χ4v) is 3.29. The molecule has 0 saturated carbocycles. The summed E-state index contributed by atoms with van der Waals surface area (Å²) in [5, 5.41) is 0.726. The van der Waals surface area contributed by atoms with Gasteiger partial charge in [-0.2, -0.15) is 0 Å². The third-order valence-corrected chi connectivity index (χ3v) is 4.32. The standard InChI is InChI=1S/C14H15ClO2/c15-11-3-1-10-2-4-13(16)14(12(10)9-11)5-7-17-8-6-14/h1,3,9H,2,4-8H2. The molecule has 1 spiro atoms. The number of carbonyl (C=O) groups is 1. The van der Waals surface area contributed by atoms with E-state index in [2.05, 4.69) is 6.07 Å². The molecule has 0 aromatic heterocycles. The first-order chi connectivity index (χ1) is 8.22. The molecule has 0 unspecified atom stereocenters. The Morgan fingerprint density at radius 3 is 2.71 bits per heavy atom. The summed E-state index contributed by atoms with van der Waals surface area (Å²) in [5.41, 5.74) is 2.14. The van der Waals surface area contributed by atoms with Gasteiger partial charge in [-0.3, -0.25) is 4.79 Å². The van der Waals surface area contributed by atoms with E-state index in [-0.39, 0.29) is 5.41 Å². The lowest BCUT2D eigenvalue weighted by Crippen LogP contribution is -2.44. The van der Waals surface area contributed by atoms with Crippen molar-refractivity contribution in [1.29, 1.82) is 0 Å². The molecule has 1 aliphatic carbocycles. The molecule has 1 aromatic carbocycles. The Hall–Kier alpha value is -0.860. The highest BCUT2D eigenvalue weighted by Gasteiger charge is 2.44. The lowest BCUT2D eigenvalue weighted by molar-refractivity contribution is -0.128. The Balaban J connectivity index is 2.14. The summed E-state index contributed by atoms with van der Waals surface area (Å²) in [7, 11) is 0. The summed E-state index contributed by atoms with van der Waals surface area (Å²) in [4.78, 5) is 12.3. The third kappa shape index (κ3) is 1.71. The number of aryl methyl sites for hydroxylation is 1. The van der Waals surface area contributed by atoms with Gasteiger partial charge in [0.2, 0.25) is 0 Å². The number of halogens is 1. The lowest BCUT2D eigenvalue weighted by atomic mass is 9.65. The summed E-state index contributed by atoms with van der Waals surface area (Å²) in [5.74, 6) is 0.371. The average molecular weight is 251 g/mol. The molecule has 90 valence electrons. The molecule has 2 aliphatic rings. The maximum absolute atomic E-state index is 12.3. The Labute approximate surface area is 106 Å². The molecule has 1 fully saturated rings. The van der Waals surface area contributed by atoms with Crippen LogP contribution in [0.4, 0.5) is 0 Å². The van der Waals surface area contributed by atoms with E-state index in [0.717, 1.165) is 29.8 Å². The van der Waals surface area contributed by atoms with Crippen LogP contribution in [-0.4, -0.2) is 19.0 Å². The second-order valence-electron chi connectivity index (χ2n) is 4.92. The van der Waals surface area contributed by atoms with Gasteiger partial charge in [-0.05, 0) is 42.5 Å². The first kappa shape index (κ1) is 11.2. The fourth-order valence-electron chi connectivity index (χ4n) is 3.12. The van der Waals surface area contributed by atoms with Crippen LogP contribution in [0.1, 0.15) is 30.4 Å². The lowest BCUT2D eigenvalue weighted by Gasteiger charge is -2.40. The highest BCUT2D eigenvalue weighted by atomic mass is 35.5. The molecule has 0 bridgehead atoms. The van der Waals surface area contributed by atoms with E-state index in [9.17, 15) is 4.79 Å². The molecule has 0 atom stereocenters. The summed E-state index contributed by atoms with van der Waals surface area (Å²) >= 11 is 6.08. The molecule has 0 N–H and O–H groups in total. The largest absolute Gasteiger partial charge is 0.381 e. The zero-order valence-electron chi connectivity index (χ0n) is 9.67. The number of carbonyl (C=O) groups excluding carboxylic acids is 1. The number of ether oxygens (including phenoxy) is 1. The van der Waals surface area contributed by atoms with Gasteiger partial charge in [-0.1, -0.05) is 17.7 Å². The van der Waals surface area contributed by atoms with Crippen molar-refractivity contribution >= 4 is 17.4 Å². The van der Waals surface area contributed by atoms with E-state index in [0.29, 0.717) is 25.4 Å². The van der Waals surface area contributed by atoms with Crippen LogP contribution in [0.25, 0.3) is 0 Å². The molecular weight excluding hydrogens is 236 g/mol. The van der Waals surface area contributed by atoms with Crippen LogP contribution in [0.3, 0.4) is 0 Å². The minimum atomic E-state index is -0.309. The summed E-state index contributed by atoms with van der Waals surface area (Å²) < 4.78 is 5.41. The van der Waals surface area contributed by atoms with Crippen molar-refractivity contribution in [3.05, 3.63) is 34.3 Å². The Morgan fingerprint density at radius 1 is 1.18 bits per heavy atom. The van der Waals surface area contributed by atoms with Gasteiger partial charge in [0, 0.05) is 24.7 Å². The second kappa shape index (κ2) is 4.11. The van der Waals surface area contributed by atoms with Crippen LogP contribution in [0, 0.1) is 0 Å². The van der Waals surface area contributed by atoms with Crippen molar-refractivity contribution in [3.8, 4) is 0 Å². The Kier molecular flexibility index (Phi) is 2.72. The predicted molar refractivity (Wildman–Crippen MR) is 66.5 cm³/mol. The fraction of sp³-hybridized carbons (Fsp3) is 0.500. The van der Waals surface area contributed by atoms with Gasteiger partial charge in [0.25, 0.3) is 0 Å². The van der Waals surface area contributed by atoms with Gasteiger partial charge in [0.15, 0.2) is 0 Å². The molecule has 1 saturated heterocycles. The number of hydrogen-bond acceptors (Lipinski definition) is 2. The number of ketones is 1. The molecule has 3 heteroatoms. The normalized spacial score (nSPS) is 22.5. The summed E-state index contributed by atoms with van der Waals surface area (Å²) in [6.07, 6.45) is 3.13. The van der Waals surface area contributed by atoms with E-state index >= 15 is 0 Å². The third-order valence-electron chi connectivity index (χ3n) is 4.09. The maximum Gasteiger partial charge on any atom is 0.143 e. The highest BCUT2D eigenvalue weighted by molar-refractivity contribution is 6.30. The van der Waals surface area contributed by atoms with E-state index in [1.807, 2.05) is 12.1 Å². The van der Waals surface area contributed by atoms with E-state index in [1.54, 1.807) is 0 Å². The van der Waals surface area contributed by atoms with E-state index in [4.69, 9.17) is 16.3 Å². The Morgan fingerprint density at radius 2 is 1.94 bits per heavy atom. The molecule has 2 nitrogen and oxygen atoms in total. The number of rotatable bonds is 0. The van der Waals surface area contributed by atoms with Gasteiger partial charge in [0.1, 0.15) is 5.78 Å². The van der Waals surface area contributed by atoms with Crippen molar-refractivity contribution in [2.24, 2.45) is 0 Å². The molecule has 1 heterocycles. The van der Waals surface area contributed by atoms with Gasteiger partial charge < -0.3 is 4.74 Å². The Bertz CT molecular complexity index is 461. The van der Waals surface area contributed by atoms with Crippen LogP contribution in [0.2, 0.25) is 5.02 Å². The topological polar surface area (TPSA) is 26.3 Å². The van der Waals surface area contributed by atoms with E-state index in [1.165, 1.54) is 5.56 Å². The van der Waals surface area contributed by atoms with Crippen LogP contribution in [-0.2, 0) is 21.4 Å². The monoisotopic (exact) mass is 250 g/mol. The smallest absolute Gasteiger partial charge is 0.143 e. The molecule has 17 heavy (non-hydrogen) atoms. The first-order valence-electron chi connectivity index (χ1n) is 6.12. The number of Topliss-reactive ketones (excluding diaryl/α,β-unsaturated/α-hetero) is 1. The van der Waals surface area contributed by atoms with Gasteiger partial charge in [-0.15, -0.1) is 0 Å². The molecule has 3 rings (SSSR count). The summed E-state index contributed by atoms with van der Waals surface area (Å²) in [6, 6.07) is 5.98. The summed E-state index contributed by atoms with van der Waals surface area (Å²) in [6.45, 7) is 1.36. The molecule has 0 radical (unpaired) electrons. The minimum Gasteiger partial charge on any atom is -0.381 e. The molecule has 1 aliphatic heterocycles. The maximum atomic E-state index is 12.3. The van der Waals surface area contributed by atoms with Crippen molar-refractivity contribution < 1.29 is 9.53 Å². The first-order valence-corrected chi connectivity index (χ1v) is 6.50. The average Bonchev–Trinajstić information content (AvgIpc) is 2.36. The van der Waals surface area contributed by atoms with Gasteiger partial charge in [-0.25, -0.2) is 0 Å². The number of fused-ring (bicyclic) bond motifs is 2. The van der Waals surface area contributed by atoms with E-state index < -0.39 is 0 Å². The zero-order valence-corrected chi connectivity index (χ0v) is 10.4. The number of hydrogen-bond donors (Lipinski definition) is 0. The highest BCUT2D eigenvalue weighted by Crippen LogP contribution is 2.42. The van der Waals surface area contributed by atoms with Crippen LogP contribution < -0.4 is 0 Å². The SMILES string of the molecule is O=C1CCc2ccc(Cl)cc2C12CCOCC2. The second-order valence-corrected chi connectivity index (χ2v) is 5.36. The van der Waals surface area contributed by atoms with Gasteiger partial charge in [0.05, 0.1) is 5.41 Å².